The van der Waals surface area contributed by atoms with Gasteiger partial charge in [-0.15, -0.1) is 31.2 Å². The molecule has 1 saturated heterocycles. The maximum Gasteiger partial charge on any atom is 0.337 e. The number of hydrogen-bond donors (Lipinski definition) is 3. The van der Waals surface area contributed by atoms with Crippen molar-refractivity contribution in [3.63, 3.8) is 0 Å². The molecule has 1 fully saturated rings. The quantitative estimate of drug-likeness (QED) is 0.103. The van der Waals surface area contributed by atoms with Gasteiger partial charge in [-0.25, -0.2) is 34.7 Å². The Morgan fingerprint density at radius 2 is 0.942 bits per heavy atom. The SMILES string of the molecule is C#Cc1ccccn1.Cl.Cl.Nc1cc(Br)ccc1C(=O)O.O=C1CCCN1.O=c1c2ccc(Br)cc2nc2n1CCC2.O=c1c2ccc(C#Cc3ccccn3)cc2nc2n1CCC2.O=c1c2ccc(C#Cc3ccccn3)cc2nc2n1CCC2. The minimum Gasteiger partial charge on any atom is -0.478 e. The average Bonchev–Trinajstić information content (AvgIpc) is 3.17. The second-order valence-electron chi connectivity index (χ2n) is 19.2. The van der Waals surface area contributed by atoms with Crippen molar-refractivity contribution in [2.45, 2.75) is 71.0 Å². The minimum atomic E-state index is -1.00. The van der Waals surface area contributed by atoms with Crippen LogP contribution < -0.4 is 27.7 Å². The van der Waals surface area contributed by atoms with Crippen molar-refractivity contribution in [2.75, 3.05) is 12.3 Å². The van der Waals surface area contributed by atoms with Gasteiger partial charge in [-0.3, -0.25) is 32.9 Å². The van der Waals surface area contributed by atoms with Gasteiger partial charge < -0.3 is 16.2 Å². The van der Waals surface area contributed by atoms with Gasteiger partial charge in [0.25, 0.3) is 16.7 Å². The number of aryl methyl sites for hydroxylation is 3. The number of pyridine rings is 3. The van der Waals surface area contributed by atoms with Crippen molar-refractivity contribution in [3.05, 3.63) is 237 Å². The van der Waals surface area contributed by atoms with Crippen molar-refractivity contribution >= 4 is 107 Å². The number of halogens is 4. The van der Waals surface area contributed by atoms with E-state index in [1.165, 1.54) is 6.07 Å². The van der Waals surface area contributed by atoms with Crippen LogP contribution in [-0.2, 0) is 43.7 Å². The number of fused-ring (bicyclic) bond motifs is 6. The predicted molar refractivity (Wildman–Crippen MR) is 346 cm³/mol. The van der Waals surface area contributed by atoms with Crippen LogP contribution in [-0.4, -0.2) is 67.1 Å². The number of terminal acetylenes is 1. The lowest BCUT2D eigenvalue weighted by atomic mass is 10.1. The summed E-state index contributed by atoms with van der Waals surface area (Å²) >= 11 is 6.56. The molecule has 21 heteroatoms. The molecule has 4 aliphatic rings. The number of aromatic nitrogens is 9. The molecule has 17 nitrogen and oxygen atoms in total. The Labute approximate surface area is 523 Å². The second-order valence-corrected chi connectivity index (χ2v) is 21.0. The van der Waals surface area contributed by atoms with Gasteiger partial charge in [0.15, 0.2) is 0 Å². The Morgan fingerprint density at radius 3 is 1.30 bits per heavy atom. The monoisotopic (exact) mass is 1310 g/mol. The highest BCUT2D eigenvalue weighted by Gasteiger charge is 2.18. The minimum absolute atomic E-state index is 0. The summed E-state index contributed by atoms with van der Waals surface area (Å²) in [7, 11) is 0. The topological polar surface area (TPSA) is 236 Å². The Bertz CT molecular complexity index is 4290. The number of carboxylic acid groups (broad SMARTS) is 1. The van der Waals surface area contributed by atoms with E-state index >= 15 is 0 Å². The van der Waals surface area contributed by atoms with Gasteiger partial charge in [-0.1, -0.05) is 67.8 Å². The number of nitrogens with two attached hydrogens (primary N) is 1. The van der Waals surface area contributed by atoms with E-state index in [1.807, 2.05) is 103 Å². The molecule has 4 N–H and O–H groups in total. The van der Waals surface area contributed by atoms with Crippen LogP contribution in [0.1, 0.15) is 88.1 Å². The summed E-state index contributed by atoms with van der Waals surface area (Å²) in [5.41, 5.74) is 12.1. The number of anilines is 1. The Morgan fingerprint density at radius 1 is 0.523 bits per heavy atom. The molecule has 10 heterocycles. The summed E-state index contributed by atoms with van der Waals surface area (Å²) in [6.45, 7) is 3.25. The van der Waals surface area contributed by atoms with E-state index in [4.69, 9.17) is 17.3 Å². The first-order valence-electron chi connectivity index (χ1n) is 26.9. The zero-order chi connectivity index (χ0) is 59.0. The zero-order valence-corrected chi connectivity index (χ0v) is 50.9. The largest absolute Gasteiger partial charge is 0.478 e. The van der Waals surface area contributed by atoms with E-state index in [9.17, 15) is 24.0 Å². The molecule has 0 unspecified atom stereocenters. The van der Waals surface area contributed by atoms with Crippen LogP contribution in [0.3, 0.4) is 0 Å². The maximum absolute atomic E-state index is 12.4. The van der Waals surface area contributed by atoms with Crippen LogP contribution in [0, 0.1) is 36.0 Å². The molecule has 6 aromatic heterocycles. The number of carbonyl (C=O) groups excluding carboxylic acids is 1. The number of nitrogens with zero attached hydrogens (tertiary/aromatic N) is 9. The summed E-state index contributed by atoms with van der Waals surface area (Å²) in [6, 6.07) is 38.2. The van der Waals surface area contributed by atoms with E-state index in [1.54, 1.807) is 50.5 Å². The maximum atomic E-state index is 12.4. The van der Waals surface area contributed by atoms with E-state index in [0.717, 1.165) is 143 Å². The van der Waals surface area contributed by atoms with Crippen molar-refractivity contribution in [2.24, 2.45) is 0 Å². The van der Waals surface area contributed by atoms with Gasteiger partial charge in [0.05, 0.1) is 38.3 Å². The number of aromatic carboxylic acids is 1. The van der Waals surface area contributed by atoms with E-state index < -0.39 is 5.97 Å². The summed E-state index contributed by atoms with van der Waals surface area (Å²) in [6.07, 6.45) is 17.6. The zero-order valence-electron chi connectivity index (χ0n) is 46.1. The smallest absolute Gasteiger partial charge is 0.337 e. The molecule has 434 valence electrons. The summed E-state index contributed by atoms with van der Waals surface area (Å²) in [4.78, 5) is 83.3. The molecule has 10 aromatic rings. The number of nitrogen functional groups attached to an aromatic ring is 1. The molecular weight excluding hydrogens is 1260 g/mol. The average molecular weight is 1320 g/mol. The van der Waals surface area contributed by atoms with E-state index in [-0.39, 0.29) is 58.6 Å². The number of carbonyl (C=O) groups is 2. The molecule has 0 bridgehead atoms. The molecule has 14 rings (SSSR count). The van der Waals surface area contributed by atoms with Crippen LogP contribution in [0.15, 0.2) is 169 Å². The molecule has 0 radical (unpaired) electrons. The normalized spacial score (nSPS) is 12.5. The number of benzene rings is 4. The van der Waals surface area contributed by atoms with Gasteiger partial charge in [-0.2, -0.15) is 0 Å². The van der Waals surface area contributed by atoms with Crippen molar-refractivity contribution in [1.82, 2.24) is 48.9 Å². The first kappa shape index (κ1) is 64.3. The van der Waals surface area contributed by atoms with Crippen LogP contribution >= 0.6 is 56.7 Å². The summed E-state index contributed by atoms with van der Waals surface area (Å²) < 4.78 is 7.09. The Balaban J connectivity index is 0.000000155. The van der Waals surface area contributed by atoms with Gasteiger partial charge in [0.1, 0.15) is 34.6 Å². The highest BCUT2D eigenvalue weighted by Crippen LogP contribution is 2.21. The third-order valence-electron chi connectivity index (χ3n) is 13.4. The van der Waals surface area contributed by atoms with Crippen molar-refractivity contribution in [3.8, 4) is 36.0 Å². The third kappa shape index (κ3) is 16.7. The summed E-state index contributed by atoms with van der Waals surface area (Å²) in [5, 5.41) is 13.3. The second kappa shape index (κ2) is 31.0. The van der Waals surface area contributed by atoms with Gasteiger partial charge in [0, 0.05) is 96.2 Å². The number of amides is 1. The number of nitrogens with one attached hydrogen (secondary N) is 1. The molecule has 4 aliphatic heterocycles. The third-order valence-corrected chi connectivity index (χ3v) is 14.4. The fourth-order valence-corrected chi connectivity index (χ4v) is 10.00. The van der Waals surface area contributed by atoms with Crippen LogP contribution in [0.5, 0.6) is 0 Å². The fraction of sp³-hybridized carbons (Fsp3) is 0.185. The van der Waals surface area contributed by atoms with Crippen LogP contribution in [0.25, 0.3) is 32.7 Å². The van der Waals surface area contributed by atoms with Gasteiger partial charge >= 0.3 is 5.97 Å². The lowest BCUT2D eigenvalue weighted by Gasteiger charge is -2.04. The molecule has 0 aliphatic carbocycles. The molecule has 0 spiro atoms. The first-order valence-corrected chi connectivity index (χ1v) is 28.4. The predicted octanol–water partition coefficient (Wildman–Crippen LogP) is 9.91. The molecule has 1 amide bonds. The summed E-state index contributed by atoms with van der Waals surface area (Å²) in [5.74, 6) is 16.5. The highest BCUT2D eigenvalue weighted by atomic mass is 79.9. The lowest BCUT2D eigenvalue weighted by molar-refractivity contribution is -0.119. The molecule has 0 saturated carbocycles. The Kier molecular flexibility index (Phi) is 23.2. The van der Waals surface area contributed by atoms with Crippen LogP contribution in [0.4, 0.5) is 5.69 Å². The number of rotatable bonds is 1. The number of hydrogen-bond acceptors (Lipinski definition) is 12. The van der Waals surface area contributed by atoms with Gasteiger partial charge in [0.2, 0.25) is 5.91 Å². The van der Waals surface area contributed by atoms with Crippen LogP contribution in [0.2, 0.25) is 0 Å². The van der Waals surface area contributed by atoms with E-state index in [0.29, 0.717) is 21.9 Å². The number of carboxylic acids is 1. The standard InChI is InChI=1S/2C18H13N3O.C11H9BrN2O.C7H6BrNO2.C7H5N.C4H7NO.2ClH/c2*22-18-15-9-7-13(6-8-14-4-1-2-10-19-14)12-16(15)20-17-5-3-11-21(17)18;12-7-3-4-8-9(6-7)13-10-2-1-5-14(10)11(8)15;8-4-1-2-5(7(10)11)6(9)3-4;1-2-7-5-3-4-6-8-7;6-4-2-1-3-5-4;;/h2*1-2,4,7,9-10,12H,3,5,11H2;3-4,6H,1-2,5H2;1-3H,9H2,(H,10,11);1,3-6H;1-3H2,(H,5,6);2*1H. The molecular formula is C65H55Br2Cl2N11O6. The fourth-order valence-electron chi connectivity index (χ4n) is 9.27. The van der Waals surface area contributed by atoms with Crippen molar-refractivity contribution in [1.29, 1.82) is 0 Å². The lowest BCUT2D eigenvalue weighted by Crippen LogP contribution is -2.20. The molecule has 86 heavy (non-hydrogen) atoms. The molecule has 0 atom stereocenters. The van der Waals surface area contributed by atoms with Crippen molar-refractivity contribution < 1.29 is 14.7 Å². The van der Waals surface area contributed by atoms with Gasteiger partial charge in [-0.05, 0) is 147 Å². The Hall–Kier alpha value is -9.29. The van der Waals surface area contributed by atoms with E-state index in [2.05, 4.69) is 96.7 Å². The first-order chi connectivity index (χ1) is 40.8. The highest BCUT2D eigenvalue weighted by molar-refractivity contribution is 9.10. The molecule has 4 aromatic carbocycles.